The van der Waals surface area contributed by atoms with Crippen molar-refractivity contribution in [3.63, 3.8) is 0 Å². The lowest BCUT2D eigenvalue weighted by molar-refractivity contribution is -0.111. The highest BCUT2D eigenvalue weighted by atomic mass is 16.5. The summed E-state index contributed by atoms with van der Waals surface area (Å²) in [6, 6.07) is 14.6. The molecule has 134 valence electrons. The first-order chi connectivity index (χ1) is 12.6. The van der Waals surface area contributed by atoms with Crippen LogP contribution in [-0.2, 0) is 9.53 Å². The van der Waals surface area contributed by atoms with E-state index in [2.05, 4.69) is 10.2 Å². The van der Waals surface area contributed by atoms with Gasteiger partial charge in [-0.15, -0.1) is 0 Å². The molecule has 1 aliphatic heterocycles. The quantitative estimate of drug-likeness (QED) is 0.810. The van der Waals surface area contributed by atoms with Crippen LogP contribution >= 0.6 is 0 Å². The van der Waals surface area contributed by atoms with E-state index in [9.17, 15) is 9.59 Å². The van der Waals surface area contributed by atoms with E-state index in [0.717, 1.165) is 37.6 Å². The maximum absolute atomic E-state index is 12.1. The van der Waals surface area contributed by atoms with Gasteiger partial charge in [0.05, 0.1) is 24.5 Å². The van der Waals surface area contributed by atoms with E-state index >= 15 is 0 Å². The fourth-order valence-corrected chi connectivity index (χ4v) is 2.77. The second-order valence-corrected chi connectivity index (χ2v) is 5.92. The lowest BCUT2D eigenvalue weighted by Gasteiger charge is -2.28. The number of carbonyl (C=O) groups is 2. The van der Waals surface area contributed by atoms with Crippen LogP contribution in [0, 0.1) is 0 Å². The number of nitrogens with two attached hydrogens (primary N) is 1. The number of hydrogen-bond donors (Lipinski definition) is 2. The number of primary amides is 1. The Hall–Kier alpha value is -3.12. The van der Waals surface area contributed by atoms with Crippen molar-refractivity contribution in [2.45, 2.75) is 0 Å². The zero-order valence-corrected chi connectivity index (χ0v) is 14.4. The number of hydrogen-bond acceptors (Lipinski definition) is 4. The molecule has 2 aromatic rings. The van der Waals surface area contributed by atoms with Gasteiger partial charge in [0, 0.05) is 24.9 Å². The number of nitrogens with one attached hydrogen (secondary N) is 1. The summed E-state index contributed by atoms with van der Waals surface area (Å²) in [5.74, 6) is -0.903. The summed E-state index contributed by atoms with van der Waals surface area (Å²) in [6.07, 6.45) is 3.16. The molecule has 2 amide bonds. The molecule has 0 unspecified atom stereocenters. The maximum atomic E-state index is 12.1. The van der Waals surface area contributed by atoms with Crippen LogP contribution < -0.4 is 16.0 Å². The van der Waals surface area contributed by atoms with Gasteiger partial charge in [-0.3, -0.25) is 9.59 Å². The standard InChI is InChI=1S/C20H21N3O3/c21-20(25)17-3-1-2-4-18(17)22-19(24)10-7-15-5-8-16(9-6-15)23-11-13-26-14-12-23/h1-10H,11-14H2,(H2,21,25)(H,22,24)/b10-7+. The second-order valence-electron chi connectivity index (χ2n) is 5.92. The molecule has 6 heteroatoms. The van der Waals surface area contributed by atoms with E-state index in [1.807, 2.05) is 24.3 Å². The Kier molecular flexibility index (Phi) is 5.66. The summed E-state index contributed by atoms with van der Waals surface area (Å²) in [5, 5.41) is 2.68. The Bertz CT molecular complexity index is 809. The molecule has 1 aliphatic rings. The summed E-state index contributed by atoms with van der Waals surface area (Å²) < 4.78 is 5.36. The molecule has 0 aliphatic carbocycles. The fourth-order valence-electron chi connectivity index (χ4n) is 2.77. The zero-order chi connectivity index (χ0) is 18.4. The lowest BCUT2D eigenvalue weighted by atomic mass is 10.1. The van der Waals surface area contributed by atoms with Crippen molar-refractivity contribution < 1.29 is 14.3 Å². The molecular weight excluding hydrogens is 330 g/mol. The van der Waals surface area contributed by atoms with Crippen molar-refractivity contribution in [2.75, 3.05) is 36.5 Å². The predicted molar refractivity (Wildman–Crippen MR) is 102 cm³/mol. The van der Waals surface area contributed by atoms with Crippen molar-refractivity contribution in [1.82, 2.24) is 0 Å². The number of amides is 2. The van der Waals surface area contributed by atoms with Crippen LogP contribution in [0.1, 0.15) is 15.9 Å². The average Bonchev–Trinajstić information content (AvgIpc) is 2.68. The van der Waals surface area contributed by atoms with Gasteiger partial charge in [0.25, 0.3) is 5.91 Å². The number of morpholine rings is 1. The third kappa shape index (κ3) is 4.49. The Morgan fingerprint density at radius 1 is 1.04 bits per heavy atom. The van der Waals surface area contributed by atoms with E-state index in [0.29, 0.717) is 5.69 Å². The largest absolute Gasteiger partial charge is 0.378 e. The van der Waals surface area contributed by atoms with Gasteiger partial charge in [-0.25, -0.2) is 0 Å². The normalized spacial score (nSPS) is 14.4. The monoisotopic (exact) mass is 351 g/mol. The smallest absolute Gasteiger partial charge is 0.250 e. The predicted octanol–water partition coefficient (Wildman–Crippen LogP) is 2.27. The highest BCUT2D eigenvalue weighted by molar-refractivity contribution is 6.07. The minimum absolute atomic E-state index is 0.282. The first-order valence-corrected chi connectivity index (χ1v) is 8.44. The van der Waals surface area contributed by atoms with E-state index in [1.165, 1.54) is 6.08 Å². The molecule has 0 spiro atoms. The number of para-hydroxylation sites is 1. The van der Waals surface area contributed by atoms with Crippen LogP contribution in [0.4, 0.5) is 11.4 Å². The summed E-state index contributed by atoms with van der Waals surface area (Å²) >= 11 is 0. The van der Waals surface area contributed by atoms with Gasteiger partial charge in [0.2, 0.25) is 5.91 Å². The number of nitrogens with zero attached hydrogens (tertiary/aromatic N) is 1. The molecule has 0 atom stereocenters. The third-order valence-electron chi connectivity index (χ3n) is 4.15. The van der Waals surface area contributed by atoms with Gasteiger partial charge in [-0.05, 0) is 35.9 Å². The van der Waals surface area contributed by atoms with E-state index < -0.39 is 5.91 Å². The number of ether oxygens (including phenoxy) is 1. The van der Waals surface area contributed by atoms with Crippen LogP contribution in [0.2, 0.25) is 0 Å². The Morgan fingerprint density at radius 2 is 1.73 bits per heavy atom. The summed E-state index contributed by atoms with van der Waals surface area (Å²) in [5.41, 5.74) is 8.05. The van der Waals surface area contributed by atoms with Crippen LogP contribution in [0.25, 0.3) is 6.08 Å². The average molecular weight is 351 g/mol. The fraction of sp³-hybridized carbons (Fsp3) is 0.200. The van der Waals surface area contributed by atoms with Gasteiger partial charge < -0.3 is 20.7 Å². The minimum Gasteiger partial charge on any atom is -0.378 e. The van der Waals surface area contributed by atoms with Crippen molar-refractivity contribution in [2.24, 2.45) is 5.73 Å². The van der Waals surface area contributed by atoms with Crippen LogP contribution in [0.15, 0.2) is 54.6 Å². The first kappa shape index (κ1) is 17.7. The van der Waals surface area contributed by atoms with Gasteiger partial charge >= 0.3 is 0 Å². The number of anilines is 2. The topological polar surface area (TPSA) is 84.7 Å². The van der Waals surface area contributed by atoms with Crippen LogP contribution in [0.3, 0.4) is 0 Å². The van der Waals surface area contributed by atoms with E-state index in [1.54, 1.807) is 30.3 Å². The highest BCUT2D eigenvalue weighted by Crippen LogP contribution is 2.18. The van der Waals surface area contributed by atoms with Crippen LogP contribution in [0.5, 0.6) is 0 Å². The minimum atomic E-state index is -0.580. The van der Waals surface area contributed by atoms with Crippen molar-refractivity contribution in [3.8, 4) is 0 Å². The highest BCUT2D eigenvalue weighted by Gasteiger charge is 2.11. The summed E-state index contributed by atoms with van der Waals surface area (Å²) in [7, 11) is 0. The van der Waals surface area contributed by atoms with Crippen molar-refractivity contribution in [1.29, 1.82) is 0 Å². The van der Waals surface area contributed by atoms with E-state index in [-0.39, 0.29) is 11.5 Å². The number of rotatable bonds is 5. The maximum Gasteiger partial charge on any atom is 0.250 e. The molecular formula is C20H21N3O3. The van der Waals surface area contributed by atoms with Crippen molar-refractivity contribution >= 4 is 29.3 Å². The first-order valence-electron chi connectivity index (χ1n) is 8.44. The van der Waals surface area contributed by atoms with E-state index in [4.69, 9.17) is 10.5 Å². The molecule has 26 heavy (non-hydrogen) atoms. The van der Waals surface area contributed by atoms with Gasteiger partial charge in [-0.1, -0.05) is 24.3 Å². The molecule has 6 nitrogen and oxygen atoms in total. The van der Waals surface area contributed by atoms with Gasteiger partial charge in [-0.2, -0.15) is 0 Å². The number of carbonyl (C=O) groups excluding carboxylic acids is 2. The molecule has 0 saturated carbocycles. The molecule has 3 N–H and O–H groups in total. The second kappa shape index (κ2) is 8.31. The molecule has 1 heterocycles. The number of benzene rings is 2. The molecule has 2 aromatic carbocycles. The summed E-state index contributed by atoms with van der Waals surface area (Å²) in [6.45, 7) is 3.26. The molecule has 0 radical (unpaired) electrons. The molecule has 1 fully saturated rings. The summed E-state index contributed by atoms with van der Waals surface area (Å²) in [4.78, 5) is 25.8. The van der Waals surface area contributed by atoms with Crippen molar-refractivity contribution in [3.05, 3.63) is 65.7 Å². The Labute approximate surface area is 152 Å². The van der Waals surface area contributed by atoms with Gasteiger partial charge in [0.15, 0.2) is 0 Å². The molecule has 0 bridgehead atoms. The lowest BCUT2D eigenvalue weighted by Crippen LogP contribution is -2.36. The molecule has 3 rings (SSSR count). The zero-order valence-electron chi connectivity index (χ0n) is 14.4. The Balaban J connectivity index is 1.62. The molecule has 1 saturated heterocycles. The third-order valence-corrected chi connectivity index (χ3v) is 4.15. The van der Waals surface area contributed by atoms with Crippen LogP contribution in [-0.4, -0.2) is 38.1 Å². The SMILES string of the molecule is NC(=O)c1ccccc1NC(=O)/C=C/c1ccc(N2CCOCC2)cc1. The molecule has 0 aromatic heterocycles. The Morgan fingerprint density at radius 3 is 2.42 bits per heavy atom. The van der Waals surface area contributed by atoms with Gasteiger partial charge in [0.1, 0.15) is 0 Å².